The summed E-state index contributed by atoms with van der Waals surface area (Å²) < 4.78 is 12.1. The van der Waals surface area contributed by atoms with Gasteiger partial charge in [-0.25, -0.2) is 9.78 Å². The molecule has 0 unspecified atom stereocenters. The first-order valence-electron chi connectivity index (χ1n) is 8.16. The van der Waals surface area contributed by atoms with Gasteiger partial charge in [-0.1, -0.05) is 23.2 Å². The highest BCUT2D eigenvalue weighted by Gasteiger charge is 2.20. The Bertz CT molecular complexity index is 1060. The molecule has 0 aliphatic rings. The summed E-state index contributed by atoms with van der Waals surface area (Å²) in [6.07, 6.45) is 1.44. The van der Waals surface area contributed by atoms with Gasteiger partial charge >= 0.3 is 5.97 Å². The van der Waals surface area contributed by atoms with E-state index >= 15 is 0 Å². The number of carbonyl (C=O) groups is 1. The Hall–Kier alpha value is -2.09. The Morgan fingerprint density at radius 2 is 2.11 bits per heavy atom. The predicted octanol–water partition coefficient (Wildman–Crippen LogP) is 4.33. The zero-order valence-electron chi connectivity index (χ0n) is 14.6. The van der Waals surface area contributed by atoms with Crippen molar-refractivity contribution in [2.75, 3.05) is 13.2 Å². The monoisotopic (exact) mass is 426 g/mol. The number of halogens is 2. The first-order valence-corrected chi connectivity index (χ1v) is 9.73. The molecule has 0 bridgehead atoms. The normalized spacial score (nSPS) is 11.0. The van der Waals surface area contributed by atoms with Crippen LogP contribution < -0.4 is 10.3 Å². The summed E-state index contributed by atoms with van der Waals surface area (Å²) in [6.45, 7) is 4.21. The fraction of sp³-hybridized carbons (Fsp3) is 0.278. The molecular weight excluding hydrogens is 411 g/mol. The van der Waals surface area contributed by atoms with Crippen LogP contribution in [0.25, 0.3) is 10.2 Å². The van der Waals surface area contributed by atoms with E-state index in [4.69, 9.17) is 32.7 Å². The molecule has 0 aliphatic heterocycles. The lowest BCUT2D eigenvalue weighted by Gasteiger charge is -2.09. The molecule has 3 aromatic rings. The van der Waals surface area contributed by atoms with Crippen LogP contribution in [0.5, 0.6) is 5.75 Å². The van der Waals surface area contributed by atoms with Crippen LogP contribution in [0.2, 0.25) is 10.0 Å². The van der Waals surface area contributed by atoms with Gasteiger partial charge in [-0.2, -0.15) is 0 Å². The minimum absolute atomic E-state index is 0.209. The molecular formula is C18H16Cl2N2O4S. The van der Waals surface area contributed by atoms with Crippen LogP contribution >= 0.6 is 34.5 Å². The van der Waals surface area contributed by atoms with Crippen LogP contribution in [0.4, 0.5) is 0 Å². The number of esters is 1. The van der Waals surface area contributed by atoms with Crippen LogP contribution in [0, 0.1) is 6.92 Å². The van der Waals surface area contributed by atoms with Gasteiger partial charge in [0.05, 0.1) is 29.9 Å². The third-order valence-electron chi connectivity index (χ3n) is 3.86. The number of hydrogen-bond acceptors (Lipinski definition) is 6. The SMILES string of the molecule is CCOC(=O)c1sc2ncn(CCOc3cc(Cl)ccc3Cl)c(=O)c2c1C. The highest BCUT2D eigenvalue weighted by atomic mass is 35.5. The molecule has 0 atom stereocenters. The lowest BCUT2D eigenvalue weighted by molar-refractivity contribution is 0.0531. The number of hydrogen-bond donors (Lipinski definition) is 0. The van der Waals surface area contributed by atoms with E-state index in [1.54, 1.807) is 32.0 Å². The number of benzene rings is 1. The van der Waals surface area contributed by atoms with Crippen LogP contribution in [-0.2, 0) is 11.3 Å². The topological polar surface area (TPSA) is 70.4 Å². The number of ether oxygens (including phenoxy) is 2. The van der Waals surface area contributed by atoms with E-state index in [9.17, 15) is 9.59 Å². The van der Waals surface area contributed by atoms with E-state index in [0.29, 0.717) is 36.5 Å². The van der Waals surface area contributed by atoms with E-state index in [0.717, 1.165) is 11.3 Å². The highest BCUT2D eigenvalue weighted by molar-refractivity contribution is 7.20. The lowest BCUT2D eigenvalue weighted by Crippen LogP contribution is -2.23. The van der Waals surface area contributed by atoms with Gasteiger partial charge in [0, 0.05) is 11.1 Å². The molecule has 0 amide bonds. The molecule has 0 saturated heterocycles. The van der Waals surface area contributed by atoms with Crippen molar-refractivity contribution in [1.82, 2.24) is 9.55 Å². The summed E-state index contributed by atoms with van der Waals surface area (Å²) in [5, 5.41) is 1.37. The molecule has 2 aromatic heterocycles. The van der Waals surface area contributed by atoms with E-state index in [2.05, 4.69) is 4.98 Å². The van der Waals surface area contributed by atoms with Crippen molar-refractivity contribution in [1.29, 1.82) is 0 Å². The molecule has 9 heteroatoms. The van der Waals surface area contributed by atoms with Gasteiger partial charge in [-0.15, -0.1) is 11.3 Å². The van der Waals surface area contributed by atoms with Crippen LogP contribution in [-0.4, -0.2) is 28.7 Å². The second-order valence-corrected chi connectivity index (χ2v) is 7.47. The largest absolute Gasteiger partial charge is 0.490 e. The Balaban J connectivity index is 1.82. The van der Waals surface area contributed by atoms with Gasteiger partial charge < -0.3 is 9.47 Å². The molecule has 0 fully saturated rings. The minimum Gasteiger partial charge on any atom is -0.490 e. The number of carbonyl (C=O) groups excluding carboxylic acids is 1. The summed E-state index contributed by atoms with van der Waals surface area (Å²) in [5.74, 6) is 0.00504. The van der Waals surface area contributed by atoms with E-state index in [1.807, 2.05) is 0 Å². The zero-order valence-corrected chi connectivity index (χ0v) is 17.0. The smallest absolute Gasteiger partial charge is 0.348 e. The molecule has 142 valence electrons. The Labute approximate surface area is 169 Å². The maximum Gasteiger partial charge on any atom is 0.348 e. The van der Waals surface area contributed by atoms with E-state index < -0.39 is 5.97 Å². The highest BCUT2D eigenvalue weighted by Crippen LogP contribution is 2.28. The Kier molecular flexibility index (Phi) is 6.04. The molecule has 3 rings (SSSR count). The number of rotatable bonds is 6. The Morgan fingerprint density at radius 3 is 2.85 bits per heavy atom. The molecule has 0 N–H and O–H groups in total. The van der Waals surface area contributed by atoms with Crippen molar-refractivity contribution in [2.45, 2.75) is 20.4 Å². The molecule has 2 heterocycles. The first kappa shape index (κ1) is 19.7. The van der Waals surface area contributed by atoms with E-state index in [-0.39, 0.29) is 25.3 Å². The molecule has 0 saturated carbocycles. The quantitative estimate of drug-likeness (QED) is 0.548. The van der Waals surface area contributed by atoms with Crippen molar-refractivity contribution in [2.24, 2.45) is 0 Å². The third kappa shape index (κ3) is 4.10. The number of nitrogens with zero attached hydrogens (tertiary/aromatic N) is 2. The number of aryl methyl sites for hydroxylation is 1. The average molecular weight is 427 g/mol. The van der Waals surface area contributed by atoms with Crippen molar-refractivity contribution >= 4 is 50.7 Å². The van der Waals surface area contributed by atoms with E-state index in [1.165, 1.54) is 10.9 Å². The van der Waals surface area contributed by atoms with Crippen LogP contribution in [0.1, 0.15) is 22.2 Å². The third-order valence-corrected chi connectivity index (χ3v) is 5.59. The van der Waals surface area contributed by atoms with Crippen molar-refractivity contribution < 1.29 is 14.3 Å². The second-order valence-electron chi connectivity index (χ2n) is 5.62. The maximum absolute atomic E-state index is 12.8. The summed E-state index contributed by atoms with van der Waals surface area (Å²) in [7, 11) is 0. The Morgan fingerprint density at radius 1 is 1.33 bits per heavy atom. The summed E-state index contributed by atoms with van der Waals surface area (Å²) in [5.41, 5.74) is 0.351. The van der Waals surface area contributed by atoms with Gasteiger partial charge in [0.1, 0.15) is 22.1 Å². The minimum atomic E-state index is -0.442. The molecule has 27 heavy (non-hydrogen) atoms. The van der Waals surface area contributed by atoms with Gasteiger partial charge in [0.2, 0.25) is 0 Å². The van der Waals surface area contributed by atoms with Crippen molar-refractivity contribution in [3.05, 3.63) is 55.4 Å². The molecule has 0 spiro atoms. The second kappa shape index (κ2) is 8.29. The predicted molar refractivity (Wildman–Crippen MR) is 107 cm³/mol. The summed E-state index contributed by atoms with van der Waals surface area (Å²) in [4.78, 5) is 30.0. The van der Waals surface area contributed by atoms with Crippen LogP contribution in [0.3, 0.4) is 0 Å². The van der Waals surface area contributed by atoms with Gasteiger partial charge in [-0.3, -0.25) is 9.36 Å². The molecule has 0 radical (unpaired) electrons. The number of fused-ring (bicyclic) bond motifs is 1. The number of aromatic nitrogens is 2. The van der Waals surface area contributed by atoms with Crippen LogP contribution in [0.15, 0.2) is 29.3 Å². The summed E-state index contributed by atoms with van der Waals surface area (Å²) in [6, 6.07) is 4.92. The van der Waals surface area contributed by atoms with Crippen molar-refractivity contribution in [3.63, 3.8) is 0 Å². The van der Waals surface area contributed by atoms with Gasteiger partial charge in [0.25, 0.3) is 5.56 Å². The molecule has 1 aromatic carbocycles. The fourth-order valence-corrected chi connectivity index (χ4v) is 3.92. The standard InChI is InChI=1S/C18H16Cl2N2O4S/c1-3-25-18(24)15-10(2)14-16(27-15)21-9-22(17(14)23)6-7-26-13-8-11(19)4-5-12(13)20/h4-5,8-9H,3,6-7H2,1-2H3. The maximum atomic E-state index is 12.8. The molecule has 0 aliphatic carbocycles. The first-order chi connectivity index (χ1) is 12.9. The van der Waals surface area contributed by atoms with Gasteiger partial charge in [-0.05, 0) is 31.5 Å². The summed E-state index contributed by atoms with van der Waals surface area (Å²) >= 11 is 13.1. The zero-order chi connectivity index (χ0) is 19.6. The number of thiophene rings is 1. The fourth-order valence-electron chi connectivity index (χ4n) is 2.55. The molecule has 6 nitrogen and oxygen atoms in total. The van der Waals surface area contributed by atoms with Gasteiger partial charge in [0.15, 0.2) is 0 Å². The lowest BCUT2D eigenvalue weighted by atomic mass is 10.2. The average Bonchev–Trinajstić information content (AvgIpc) is 2.97. The van der Waals surface area contributed by atoms with Crippen molar-refractivity contribution in [3.8, 4) is 5.75 Å².